The molecule has 0 aliphatic heterocycles. The fraction of sp³-hybridized carbons (Fsp3) is 1.00. The molecule has 0 aromatic carbocycles. The second-order valence-corrected chi connectivity index (χ2v) is 4.91. The first-order chi connectivity index (χ1) is 6.68. The topological polar surface area (TPSA) is 91.0 Å². The molecule has 7 nitrogen and oxygen atoms in total. The molecule has 0 aromatic heterocycles. The van der Waals surface area contributed by atoms with Gasteiger partial charge in [-0.2, -0.15) is 4.99 Å². The van der Waals surface area contributed by atoms with Crippen LogP contribution in [0.1, 0.15) is 34.1 Å². The Hall–Kier alpha value is -1.24. The van der Waals surface area contributed by atoms with E-state index in [1.165, 1.54) is 6.92 Å². The summed E-state index contributed by atoms with van der Waals surface area (Å²) in [6.45, 7) is 6.78. The molecule has 0 saturated heterocycles. The fourth-order valence-corrected chi connectivity index (χ4v) is 1.61. The van der Waals surface area contributed by atoms with Crippen molar-refractivity contribution < 1.29 is 14.8 Å². The molecule has 88 valence electrons. The van der Waals surface area contributed by atoms with Crippen LogP contribution in [0.15, 0.2) is 5.34 Å². The zero-order valence-corrected chi connectivity index (χ0v) is 9.35. The molecular formula is C8H16N2O5. The lowest BCUT2D eigenvalue weighted by Crippen LogP contribution is -2.40. The van der Waals surface area contributed by atoms with Crippen molar-refractivity contribution >= 4 is 0 Å². The monoisotopic (exact) mass is 220 g/mol. The van der Waals surface area contributed by atoms with Crippen LogP contribution in [-0.4, -0.2) is 17.1 Å². The molecule has 7 heteroatoms. The second kappa shape index (κ2) is 5.01. The lowest BCUT2D eigenvalue weighted by Gasteiger charge is -2.29. The minimum Gasteiger partial charge on any atom is -0.264 e. The summed E-state index contributed by atoms with van der Waals surface area (Å²) in [6.07, 6.45) is 0.372. The molecule has 0 N–H and O–H groups in total. The van der Waals surface area contributed by atoms with Crippen LogP contribution in [0.25, 0.3) is 0 Å². The molecule has 15 heavy (non-hydrogen) atoms. The van der Waals surface area contributed by atoms with Gasteiger partial charge in [0.25, 0.3) is 0 Å². The van der Waals surface area contributed by atoms with Crippen molar-refractivity contribution in [3.8, 4) is 0 Å². The van der Waals surface area contributed by atoms with Gasteiger partial charge >= 0.3 is 0 Å². The predicted molar refractivity (Wildman–Crippen MR) is 52.3 cm³/mol. The largest absolute Gasteiger partial charge is 0.264 e. The van der Waals surface area contributed by atoms with Gasteiger partial charge in [0, 0.05) is 4.92 Å². The molecule has 0 fully saturated rings. The second-order valence-electron chi connectivity index (χ2n) is 4.91. The highest BCUT2D eigenvalue weighted by atomic mass is 17.3. The van der Waals surface area contributed by atoms with Gasteiger partial charge in [-0.3, -0.25) is 10.1 Å². The number of nitrogens with zero attached hydrogens (tertiary/aromatic N) is 2. The Morgan fingerprint density at radius 2 is 1.87 bits per heavy atom. The summed E-state index contributed by atoms with van der Waals surface area (Å²) in [5.41, 5.74) is -1.34. The molecule has 0 aromatic rings. The Bertz CT molecular complexity index is 238. The van der Waals surface area contributed by atoms with Gasteiger partial charge in [0.15, 0.2) is 10.9 Å². The van der Waals surface area contributed by atoms with E-state index < -0.39 is 17.1 Å². The van der Waals surface area contributed by atoms with Gasteiger partial charge in [0.2, 0.25) is 6.54 Å². The molecule has 0 aliphatic carbocycles. The molecule has 0 spiro atoms. The molecule has 0 radical (unpaired) electrons. The first-order valence-corrected chi connectivity index (χ1v) is 4.48. The van der Waals surface area contributed by atoms with E-state index in [4.69, 9.17) is 0 Å². The Balaban J connectivity index is 4.53. The SMILES string of the molecule is CC(C)(C)CC(C)(C[N+](=O)[O-])OON=O. The van der Waals surface area contributed by atoms with Crippen LogP contribution >= 0.6 is 0 Å². The molecule has 0 heterocycles. The Kier molecular flexibility index (Phi) is 4.60. The summed E-state index contributed by atoms with van der Waals surface area (Å²) in [7, 11) is 0. The normalized spacial score (nSPS) is 15.5. The van der Waals surface area contributed by atoms with E-state index in [2.05, 4.69) is 15.2 Å². The standard InChI is InChI=1S/C8H16N2O5/c1-7(2,3)5-8(4,6-10(12)13)14-15-9-11/h5-6H2,1-4H3. The van der Waals surface area contributed by atoms with E-state index in [1.54, 1.807) is 0 Å². The van der Waals surface area contributed by atoms with Crippen LogP contribution < -0.4 is 0 Å². The van der Waals surface area contributed by atoms with Crippen LogP contribution in [0.3, 0.4) is 0 Å². The molecule has 1 atom stereocenters. The molecule has 0 aliphatic rings. The summed E-state index contributed by atoms with van der Waals surface area (Å²) in [6, 6.07) is 0. The van der Waals surface area contributed by atoms with Gasteiger partial charge in [0.1, 0.15) is 0 Å². The minimum absolute atomic E-state index is 0.184. The Morgan fingerprint density at radius 3 is 2.20 bits per heavy atom. The van der Waals surface area contributed by atoms with Crippen molar-refractivity contribution in [2.75, 3.05) is 6.54 Å². The lowest BCUT2D eigenvalue weighted by molar-refractivity contribution is -0.524. The van der Waals surface area contributed by atoms with Crippen LogP contribution in [0.4, 0.5) is 0 Å². The van der Waals surface area contributed by atoms with Crippen molar-refractivity contribution in [1.29, 1.82) is 0 Å². The summed E-state index contributed by atoms with van der Waals surface area (Å²) in [5, 5.41) is 12.5. The van der Waals surface area contributed by atoms with Gasteiger partial charge < -0.3 is 0 Å². The molecule has 0 amide bonds. The Morgan fingerprint density at radius 1 is 1.33 bits per heavy atom. The third-order valence-electron chi connectivity index (χ3n) is 1.64. The quantitative estimate of drug-likeness (QED) is 0.296. The maximum atomic E-state index is 10.4. The van der Waals surface area contributed by atoms with E-state index >= 15 is 0 Å². The average Bonchev–Trinajstić information content (AvgIpc) is 1.95. The highest BCUT2D eigenvalue weighted by molar-refractivity contribution is 4.79. The predicted octanol–water partition coefficient (Wildman–Crippen LogP) is 2.09. The summed E-state index contributed by atoms with van der Waals surface area (Å²) < 4.78 is 0. The van der Waals surface area contributed by atoms with E-state index in [1.807, 2.05) is 20.8 Å². The highest BCUT2D eigenvalue weighted by Crippen LogP contribution is 2.30. The number of hydrogen-bond donors (Lipinski definition) is 0. The minimum atomic E-state index is -1.16. The van der Waals surface area contributed by atoms with Crippen molar-refractivity contribution in [2.24, 2.45) is 10.8 Å². The number of rotatable bonds is 6. The van der Waals surface area contributed by atoms with Gasteiger partial charge in [-0.15, -0.1) is 9.79 Å². The Labute approximate surface area is 87.8 Å². The van der Waals surface area contributed by atoms with Crippen LogP contribution in [-0.2, 0) is 9.88 Å². The summed E-state index contributed by atoms with van der Waals surface area (Å²) in [5.74, 6) is 0. The first-order valence-electron chi connectivity index (χ1n) is 4.48. The van der Waals surface area contributed by atoms with E-state index in [0.717, 1.165) is 0 Å². The lowest BCUT2D eigenvalue weighted by atomic mass is 9.83. The summed E-state index contributed by atoms with van der Waals surface area (Å²) >= 11 is 0. The third-order valence-corrected chi connectivity index (χ3v) is 1.64. The van der Waals surface area contributed by atoms with Gasteiger partial charge in [0.05, 0.1) is 0 Å². The maximum absolute atomic E-state index is 10.4. The van der Waals surface area contributed by atoms with Crippen molar-refractivity contribution in [3.05, 3.63) is 15.0 Å². The average molecular weight is 220 g/mol. The fourth-order valence-electron chi connectivity index (χ4n) is 1.61. The molecule has 0 rings (SSSR count). The third kappa shape index (κ3) is 6.78. The number of hydrogen-bond acceptors (Lipinski definition) is 6. The molecule has 0 bridgehead atoms. The van der Waals surface area contributed by atoms with Crippen LogP contribution in [0.5, 0.6) is 0 Å². The van der Waals surface area contributed by atoms with Crippen molar-refractivity contribution in [3.63, 3.8) is 0 Å². The number of nitro groups is 1. The maximum Gasteiger partial charge on any atom is 0.236 e. The van der Waals surface area contributed by atoms with Gasteiger partial charge in [-0.1, -0.05) is 20.8 Å². The van der Waals surface area contributed by atoms with E-state index in [9.17, 15) is 15.0 Å². The zero-order valence-electron chi connectivity index (χ0n) is 9.35. The van der Waals surface area contributed by atoms with E-state index in [0.29, 0.717) is 6.42 Å². The highest BCUT2D eigenvalue weighted by Gasteiger charge is 2.38. The first kappa shape index (κ1) is 13.8. The zero-order chi connectivity index (χ0) is 12.1. The molecule has 1 unspecified atom stereocenters. The van der Waals surface area contributed by atoms with Gasteiger partial charge in [-0.25, -0.2) is 0 Å². The van der Waals surface area contributed by atoms with Crippen molar-refractivity contribution in [2.45, 2.75) is 39.7 Å². The molecular weight excluding hydrogens is 204 g/mol. The van der Waals surface area contributed by atoms with E-state index in [-0.39, 0.29) is 5.41 Å². The van der Waals surface area contributed by atoms with Crippen LogP contribution in [0, 0.1) is 20.4 Å². The molecule has 0 saturated carbocycles. The van der Waals surface area contributed by atoms with Crippen molar-refractivity contribution in [1.82, 2.24) is 0 Å². The smallest absolute Gasteiger partial charge is 0.236 e. The van der Waals surface area contributed by atoms with Gasteiger partial charge in [-0.05, 0) is 18.8 Å². The summed E-state index contributed by atoms with van der Waals surface area (Å²) in [4.78, 5) is 28.2. The van der Waals surface area contributed by atoms with Crippen LogP contribution in [0.2, 0.25) is 0 Å².